The summed E-state index contributed by atoms with van der Waals surface area (Å²) in [7, 11) is 0. The first kappa shape index (κ1) is 5.73. The second-order valence-electron chi connectivity index (χ2n) is 2.34. The van der Waals surface area contributed by atoms with Crippen LogP contribution in [0.1, 0.15) is 25.7 Å². The van der Waals surface area contributed by atoms with Gasteiger partial charge in [0.25, 0.3) is 0 Å². The second kappa shape index (κ2) is 2.80. The van der Waals surface area contributed by atoms with Crippen LogP contribution < -0.4 is 0 Å². The van der Waals surface area contributed by atoms with Gasteiger partial charge in [0.2, 0.25) is 0 Å². The van der Waals surface area contributed by atoms with E-state index in [1.807, 2.05) is 0 Å². The monoisotopic (exact) mass is 114 g/mol. The fourth-order valence-corrected chi connectivity index (χ4v) is 1.04. The first-order valence-corrected chi connectivity index (χ1v) is 3.32. The van der Waals surface area contributed by atoms with E-state index in [1.54, 1.807) is 0 Å². The van der Waals surface area contributed by atoms with Crippen molar-refractivity contribution < 1.29 is 4.76 Å². The SMILES string of the molecule is O=[N+]1CCCCCC1. The lowest BCUT2D eigenvalue weighted by Gasteiger charge is -1.81. The molecule has 8 heavy (non-hydrogen) atoms. The van der Waals surface area contributed by atoms with Crippen molar-refractivity contribution >= 4 is 0 Å². The van der Waals surface area contributed by atoms with Gasteiger partial charge in [0.15, 0.2) is 13.1 Å². The summed E-state index contributed by atoms with van der Waals surface area (Å²) in [6, 6.07) is 0. The van der Waals surface area contributed by atoms with Gasteiger partial charge in [-0.15, -0.1) is 0 Å². The topological polar surface area (TPSA) is 20.1 Å². The summed E-state index contributed by atoms with van der Waals surface area (Å²) >= 11 is 0. The summed E-state index contributed by atoms with van der Waals surface area (Å²) in [4.78, 5) is 10.6. The van der Waals surface area contributed by atoms with Crippen molar-refractivity contribution in [1.82, 2.24) is 0 Å². The fraction of sp³-hybridized carbons (Fsp3) is 1.00. The van der Waals surface area contributed by atoms with Gasteiger partial charge in [0, 0.05) is 17.7 Å². The number of hydrogen-bond donors (Lipinski definition) is 0. The minimum Gasteiger partial charge on any atom is -0.0469 e. The molecule has 0 saturated carbocycles. The molecular formula is C6H12NO+. The van der Waals surface area contributed by atoms with E-state index in [4.69, 9.17) is 0 Å². The summed E-state index contributed by atoms with van der Waals surface area (Å²) in [5.41, 5.74) is 0. The van der Waals surface area contributed by atoms with E-state index in [1.165, 1.54) is 17.6 Å². The van der Waals surface area contributed by atoms with Crippen molar-refractivity contribution in [2.24, 2.45) is 0 Å². The summed E-state index contributed by atoms with van der Waals surface area (Å²) in [5.74, 6) is 0. The van der Waals surface area contributed by atoms with Gasteiger partial charge in [-0.1, -0.05) is 0 Å². The highest BCUT2D eigenvalue weighted by atomic mass is 16.3. The van der Waals surface area contributed by atoms with E-state index in [0.29, 0.717) is 0 Å². The number of rotatable bonds is 0. The molecule has 0 N–H and O–H groups in total. The Morgan fingerprint density at radius 2 is 1.38 bits per heavy atom. The van der Waals surface area contributed by atoms with Crippen molar-refractivity contribution in [1.29, 1.82) is 0 Å². The molecule has 2 heteroatoms. The molecule has 0 amide bonds. The van der Waals surface area contributed by atoms with Gasteiger partial charge in [-0.2, -0.15) is 0 Å². The summed E-state index contributed by atoms with van der Waals surface area (Å²) in [6.45, 7) is 1.53. The van der Waals surface area contributed by atoms with Crippen LogP contribution in [0.3, 0.4) is 0 Å². The van der Waals surface area contributed by atoms with Crippen molar-refractivity contribution in [2.75, 3.05) is 13.1 Å². The quantitative estimate of drug-likeness (QED) is 0.435. The maximum atomic E-state index is 10.6. The van der Waals surface area contributed by atoms with Crippen LogP contribution in [-0.4, -0.2) is 17.8 Å². The molecule has 0 aromatic carbocycles. The zero-order valence-corrected chi connectivity index (χ0v) is 5.10. The van der Waals surface area contributed by atoms with Crippen molar-refractivity contribution in [3.05, 3.63) is 4.91 Å². The standard InChI is InChI=1S/C6H12NO/c8-7-5-3-1-2-4-6-7/h1-6H2/q+1. The third-order valence-electron chi connectivity index (χ3n) is 1.57. The zero-order chi connectivity index (χ0) is 5.82. The Hall–Kier alpha value is -0.400. The van der Waals surface area contributed by atoms with E-state index >= 15 is 0 Å². The van der Waals surface area contributed by atoms with Gasteiger partial charge < -0.3 is 0 Å². The Kier molecular flexibility index (Phi) is 2.00. The fourth-order valence-electron chi connectivity index (χ4n) is 1.04. The van der Waals surface area contributed by atoms with E-state index < -0.39 is 0 Å². The summed E-state index contributed by atoms with van der Waals surface area (Å²) in [6.07, 6.45) is 4.70. The highest BCUT2D eigenvalue weighted by molar-refractivity contribution is 4.44. The summed E-state index contributed by atoms with van der Waals surface area (Å²) < 4.78 is 1.17. The van der Waals surface area contributed by atoms with Gasteiger partial charge >= 0.3 is 0 Å². The Morgan fingerprint density at radius 3 is 1.88 bits per heavy atom. The van der Waals surface area contributed by atoms with Crippen LogP contribution in [0.4, 0.5) is 0 Å². The predicted molar refractivity (Wildman–Crippen MR) is 31.8 cm³/mol. The number of hydrogen-bond acceptors (Lipinski definition) is 1. The van der Waals surface area contributed by atoms with Crippen LogP contribution >= 0.6 is 0 Å². The minimum atomic E-state index is 0.764. The average Bonchev–Trinajstić information content (AvgIpc) is 1.94. The van der Waals surface area contributed by atoms with E-state index in [0.717, 1.165) is 25.9 Å². The number of nitrogens with zero attached hydrogens (tertiary/aromatic N) is 1. The van der Waals surface area contributed by atoms with Crippen LogP contribution in [0.2, 0.25) is 0 Å². The Labute approximate surface area is 49.5 Å². The molecule has 0 bridgehead atoms. The van der Waals surface area contributed by atoms with Crippen LogP contribution in [-0.2, 0) is 0 Å². The third-order valence-corrected chi connectivity index (χ3v) is 1.57. The number of nitroso groups, excluding NO2 is 1. The summed E-state index contributed by atoms with van der Waals surface area (Å²) in [5, 5.41) is 0. The molecule has 1 saturated heterocycles. The first-order valence-electron chi connectivity index (χ1n) is 3.32. The largest absolute Gasteiger partial charge is 0.192 e. The van der Waals surface area contributed by atoms with Gasteiger partial charge in [0.1, 0.15) is 0 Å². The van der Waals surface area contributed by atoms with Gasteiger partial charge in [0.05, 0.1) is 0 Å². The molecule has 0 aromatic rings. The van der Waals surface area contributed by atoms with Gasteiger partial charge in [-0.3, -0.25) is 0 Å². The lowest BCUT2D eigenvalue weighted by molar-refractivity contribution is -0.546. The van der Waals surface area contributed by atoms with Crippen molar-refractivity contribution in [3.8, 4) is 0 Å². The first-order chi connectivity index (χ1) is 3.89. The van der Waals surface area contributed by atoms with Crippen LogP contribution in [0.25, 0.3) is 0 Å². The molecular weight excluding hydrogens is 102 g/mol. The molecule has 0 atom stereocenters. The Balaban J connectivity index is 2.27. The Morgan fingerprint density at radius 1 is 0.875 bits per heavy atom. The second-order valence-corrected chi connectivity index (χ2v) is 2.34. The molecule has 0 aromatic heterocycles. The Bertz CT molecular complexity index is 80.5. The lowest BCUT2D eigenvalue weighted by atomic mass is 10.2. The maximum Gasteiger partial charge on any atom is 0.192 e. The third kappa shape index (κ3) is 1.60. The van der Waals surface area contributed by atoms with E-state index in [9.17, 15) is 4.91 Å². The van der Waals surface area contributed by atoms with E-state index in [-0.39, 0.29) is 0 Å². The molecule has 1 rings (SSSR count). The molecule has 2 nitrogen and oxygen atoms in total. The highest BCUT2D eigenvalue weighted by Gasteiger charge is 2.10. The van der Waals surface area contributed by atoms with E-state index in [2.05, 4.69) is 0 Å². The molecule has 1 aliphatic rings. The molecule has 1 aliphatic heterocycles. The normalized spacial score (nSPS) is 22.8. The molecule has 46 valence electrons. The van der Waals surface area contributed by atoms with Gasteiger partial charge in [-0.25, -0.2) is 0 Å². The highest BCUT2D eigenvalue weighted by Crippen LogP contribution is 2.04. The minimum absolute atomic E-state index is 0.764. The van der Waals surface area contributed by atoms with Crippen molar-refractivity contribution in [3.63, 3.8) is 0 Å². The predicted octanol–water partition coefficient (Wildman–Crippen LogP) is 1.34. The smallest absolute Gasteiger partial charge is 0.0469 e. The molecule has 0 unspecified atom stereocenters. The van der Waals surface area contributed by atoms with Crippen LogP contribution in [0, 0.1) is 4.91 Å². The molecule has 0 spiro atoms. The van der Waals surface area contributed by atoms with Crippen LogP contribution in [0.5, 0.6) is 0 Å². The molecule has 1 heterocycles. The maximum absolute atomic E-state index is 10.6. The van der Waals surface area contributed by atoms with Crippen molar-refractivity contribution in [2.45, 2.75) is 25.7 Å². The van der Waals surface area contributed by atoms with Gasteiger partial charge in [-0.05, 0) is 17.6 Å². The zero-order valence-electron chi connectivity index (χ0n) is 5.10. The van der Waals surface area contributed by atoms with Crippen LogP contribution in [0.15, 0.2) is 0 Å². The molecule has 0 aliphatic carbocycles. The molecule has 0 radical (unpaired) electrons. The molecule has 1 fully saturated rings. The average molecular weight is 114 g/mol. The lowest BCUT2D eigenvalue weighted by Crippen LogP contribution is -2.07.